The zero-order chi connectivity index (χ0) is 28.6. The molecule has 0 aliphatic heterocycles. The molecule has 0 spiro atoms. The molecule has 0 amide bonds. The summed E-state index contributed by atoms with van der Waals surface area (Å²) in [5.74, 6) is 0.0841. The topological polar surface area (TPSA) is 0 Å². The molecule has 0 fully saturated rings. The average Bonchev–Trinajstić information content (AvgIpc) is 3.74. The Kier molecular flexibility index (Phi) is 10.5. The van der Waals surface area contributed by atoms with Crippen LogP contribution >= 0.6 is 0 Å². The molecule has 0 unspecified atom stereocenters. The van der Waals surface area contributed by atoms with Crippen LogP contribution in [0.1, 0.15) is 34.6 Å². The van der Waals surface area contributed by atoms with Crippen molar-refractivity contribution in [1.29, 1.82) is 0 Å². The molecular weight excluding hydrogens is 679 g/mol. The molecule has 0 saturated carbocycles. The molecule has 0 aromatic heterocycles. The molecule has 0 N–H and O–H groups in total. The van der Waals surface area contributed by atoms with Crippen molar-refractivity contribution >= 4 is 0 Å². The predicted molar refractivity (Wildman–Crippen MR) is 180 cm³/mol. The van der Waals surface area contributed by atoms with Gasteiger partial charge < -0.3 is 24.8 Å². The third-order valence-electron chi connectivity index (χ3n) is 9.40. The first kappa shape index (κ1) is 33.6. The molecule has 0 saturated heterocycles. The van der Waals surface area contributed by atoms with Gasteiger partial charge in [-0.25, -0.2) is 0 Å². The van der Waals surface area contributed by atoms with Gasteiger partial charge in [-0.1, -0.05) is 169 Å². The van der Waals surface area contributed by atoms with E-state index in [-0.39, 0.29) is 56.9 Å². The summed E-state index contributed by atoms with van der Waals surface area (Å²) in [5, 5.41) is 0. The fourth-order valence-electron chi connectivity index (χ4n) is 7.55. The van der Waals surface area contributed by atoms with Gasteiger partial charge in [0, 0.05) is 5.92 Å². The molecule has 3 heteroatoms. The van der Waals surface area contributed by atoms with Gasteiger partial charge in [0.05, 0.1) is 5.41 Å². The van der Waals surface area contributed by atoms with Crippen molar-refractivity contribution in [3.8, 4) is 33.4 Å². The van der Waals surface area contributed by atoms with Gasteiger partial charge in [-0.2, -0.15) is 0 Å². The zero-order valence-corrected chi connectivity index (χ0v) is 29.3. The maximum absolute atomic E-state index is 2.47. The van der Waals surface area contributed by atoms with Crippen molar-refractivity contribution in [2.75, 3.05) is 0 Å². The third-order valence-corrected chi connectivity index (χ3v) is 9.40. The number of hydrogen-bond acceptors (Lipinski definition) is 0. The molecule has 0 bridgehead atoms. The third kappa shape index (κ3) is 5.60. The van der Waals surface area contributed by atoms with E-state index in [0.717, 1.165) is 6.42 Å². The first-order valence-electron chi connectivity index (χ1n) is 15.2. The number of rotatable bonds is 6. The van der Waals surface area contributed by atoms with Gasteiger partial charge >= 0.3 is 26.2 Å². The van der Waals surface area contributed by atoms with Crippen LogP contribution < -0.4 is 24.8 Å². The summed E-state index contributed by atoms with van der Waals surface area (Å²) in [4.78, 5) is 0. The number of halogens is 2. The van der Waals surface area contributed by atoms with Gasteiger partial charge in [0.1, 0.15) is 0 Å². The molecule has 6 aromatic carbocycles. The van der Waals surface area contributed by atoms with E-state index in [1.54, 1.807) is 0 Å². The van der Waals surface area contributed by atoms with Crippen LogP contribution in [0.2, 0.25) is 0 Å². The van der Waals surface area contributed by atoms with E-state index in [1.807, 2.05) is 0 Å². The maximum Gasteiger partial charge on any atom is 2.00 e. The van der Waals surface area contributed by atoms with Crippen LogP contribution in [0.4, 0.5) is 0 Å². The molecule has 0 atom stereocenters. The maximum atomic E-state index is 2.47. The van der Waals surface area contributed by atoms with Crippen LogP contribution in [-0.2, 0) is 31.6 Å². The summed E-state index contributed by atoms with van der Waals surface area (Å²) in [6.45, 7) is 0. The standard InChI is InChI=1S/C43H32.2ClH.Zr/c1-5-15-31(16-6-1)33-25-27-38-39-28-26-34(32-17-7-2-8-18-32)30-41(39)42(40(38)29-33)43(37-23-13-14-24-37,35-19-9-3-10-20-35)36-21-11-4-12-22-36;;;/h1-23,25-30,42H,24H2;2*1H;/q;;;+2/p-2. The Morgan fingerprint density at radius 3 is 1.26 bits per heavy atom. The molecule has 2 aliphatic rings. The summed E-state index contributed by atoms with van der Waals surface area (Å²) in [7, 11) is 0. The Morgan fingerprint density at radius 2 is 0.870 bits per heavy atom. The van der Waals surface area contributed by atoms with Crippen molar-refractivity contribution in [2.24, 2.45) is 0 Å². The molecular formula is C43H32Cl2Zr. The van der Waals surface area contributed by atoms with E-state index in [2.05, 4.69) is 176 Å². The van der Waals surface area contributed by atoms with E-state index >= 15 is 0 Å². The number of allylic oxidation sites excluding steroid dienone is 4. The molecule has 8 rings (SSSR count). The second kappa shape index (κ2) is 14.4. The normalized spacial score (nSPS) is 13.0. The Labute approximate surface area is 303 Å². The van der Waals surface area contributed by atoms with Gasteiger partial charge in [0.2, 0.25) is 0 Å². The summed E-state index contributed by atoms with van der Waals surface area (Å²) in [5.41, 5.74) is 14.2. The fourth-order valence-corrected chi connectivity index (χ4v) is 7.55. The van der Waals surface area contributed by atoms with Crippen molar-refractivity contribution in [1.82, 2.24) is 0 Å². The summed E-state index contributed by atoms with van der Waals surface area (Å²) in [6, 6.07) is 58.3. The molecule has 6 aromatic rings. The van der Waals surface area contributed by atoms with Crippen molar-refractivity contribution < 1.29 is 51.0 Å². The van der Waals surface area contributed by atoms with Crippen LogP contribution in [0.3, 0.4) is 0 Å². The number of hydrogen-bond donors (Lipinski definition) is 0. The minimum atomic E-state index is -0.392. The molecule has 2 aliphatic carbocycles. The first-order valence-corrected chi connectivity index (χ1v) is 15.2. The number of benzene rings is 6. The van der Waals surface area contributed by atoms with Gasteiger partial charge in [-0.15, -0.1) is 0 Å². The van der Waals surface area contributed by atoms with Crippen LogP contribution in [-0.4, -0.2) is 0 Å². The fraction of sp³-hybridized carbons (Fsp3) is 0.0698. The summed E-state index contributed by atoms with van der Waals surface area (Å²) in [6.07, 6.45) is 7.86. The van der Waals surface area contributed by atoms with Crippen LogP contribution in [0, 0.1) is 0 Å². The van der Waals surface area contributed by atoms with Gasteiger partial charge in [0.15, 0.2) is 0 Å². The van der Waals surface area contributed by atoms with Gasteiger partial charge in [-0.05, 0) is 74.2 Å². The molecule has 222 valence electrons. The average molecular weight is 711 g/mol. The van der Waals surface area contributed by atoms with Crippen LogP contribution in [0.15, 0.2) is 182 Å². The second-order valence-corrected chi connectivity index (χ2v) is 11.6. The van der Waals surface area contributed by atoms with E-state index in [4.69, 9.17) is 0 Å². The zero-order valence-electron chi connectivity index (χ0n) is 25.3. The Morgan fingerprint density at radius 1 is 0.457 bits per heavy atom. The van der Waals surface area contributed by atoms with Crippen molar-refractivity contribution in [3.05, 3.63) is 204 Å². The second-order valence-electron chi connectivity index (χ2n) is 11.6. The summed E-state index contributed by atoms with van der Waals surface area (Å²) < 4.78 is 0. The van der Waals surface area contributed by atoms with Gasteiger partial charge in [0.25, 0.3) is 0 Å². The molecule has 46 heavy (non-hydrogen) atoms. The van der Waals surface area contributed by atoms with Gasteiger partial charge in [-0.3, -0.25) is 0 Å². The van der Waals surface area contributed by atoms with Crippen LogP contribution in [0.5, 0.6) is 0 Å². The Hall–Kier alpha value is -3.74. The monoisotopic (exact) mass is 708 g/mol. The molecule has 0 radical (unpaired) electrons. The van der Waals surface area contributed by atoms with E-state index < -0.39 is 5.41 Å². The predicted octanol–water partition coefficient (Wildman–Crippen LogP) is 5.01. The van der Waals surface area contributed by atoms with E-state index in [9.17, 15) is 0 Å². The van der Waals surface area contributed by atoms with E-state index in [1.165, 1.54) is 61.2 Å². The Balaban J connectivity index is 0.00000139. The first-order chi connectivity index (χ1) is 21.3. The largest absolute Gasteiger partial charge is 2.00 e. The number of fused-ring (bicyclic) bond motifs is 3. The van der Waals surface area contributed by atoms with Crippen molar-refractivity contribution in [3.63, 3.8) is 0 Å². The SMILES string of the molecule is C1=CCC(C(c2ccccc2)(c2ccccc2)C2c3cc(-c4ccccc4)ccc3-c3ccc(-c4ccccc4)cc32)=C1.[Cl-].[Cl-].[Zr+2]. The van der Waals surface area contributed by atoms with Crippen molar-refractivity contribution in [2.45, 2.75) is 17.8 Å². The smallest absolute Gasteiger partial charge is 1.00 e. The van der Waals surface area contributed by atoms with Crippen LogP contribution in [0.25, 0.3) is 33.4 Å². The quantitative estimate of drug-likeness (QED) is 0.228. The summed E-state index contributed by atoms with van der Waals surface area (Å²) >= 11 is 0. The minimum Gasteiger partial charge on any atom is -1.00 e. The molecule has 0 nitrogen and oxygen atoms in total. The Bertz CT molecular complexity index is 1850. The molecule has 0 heterocycles. The van der Waals surface area contributed by atoms with E-state index in [0.29, 0.717) is 0 Å². The minimum absolute atomic E-state index is 0.